The van der Waals surface area contributed by atoms with Crippen LogP contribution in [0.4, 0.5) is 0 Å². The zero-order valence-electron chi connectivity index (χ0n) is 20.1. The minimum atomic E-state index is -0.360. The number of hydrogen-bond acceptors (Lipinski definition) is 9. The Bertz CT molecular complexity index is 964. The molecule has 1 aliphatic heterocycles. The molecule has 2 aromatic rings. The highest BCUT2D eigenvalue weighted by atomic mass is 16.7. The van der Waals surface area contributed by atoms with Crippen LogP contribution in [-0.2, 0) is 31.9 Å². The molecule has 0 bridgehead atoms. The number of carbonyl (C=O) groups is 3. The van der Waals surface area contributed by atoms with Gasteiger partial charge in [0.15, 0.2) is 0 Å². The summed E-state index contributed by atoms with van der Waals surface area (Å²) in [5, 5.41) is 6.68. The standard InChI is InChI=1S/C26H33N3O6/c1-33-25(31)20-7-3-18(4-8-20)11-13-28-24(23-16-27-15-22(23)17-30)35-29-14-12-19-5-9-21(10-6-19)26(32)34-2/h3-10,17,22-24,27-29H,11-16H2,1-2H3/t22-,23?,24?/m0/s1. The van der Waals surface area contributed by atoms with E-state index in [0.717, 1.165) is 23.8 Å². The van der Waals surface area contributed by atoms with Crippen molar-refractivity contribution in [3.05, 3.63) is 70.8 Å². The summed E-state index contributed by atoms with van der Waals surface area (Å²) in [6, 6.07) is 14.6. The molecule has 35 heavy (non-hydrogen) atoms. The van der Waals surface area contributed by atoms with E-state index in [1.807, 2.05) is 24.3 Å². The van der Waals surface area contributed by atoms with Gasteiger partial charge in [-0.15, -0.1) is 0 Å². The van der Waals surface area contributed by atoms with Crippen molar-refractivity contribution < 1.29 is 28.7 Å². The van der Waals surface area contributed by atoms with Gasteiger partial charge in [-0.05, 0) is 48.2 Å². The summed E-state index contributed by atoms with van der Waals surface area (Å²) in [6.07, 6.45) is 2.08. The van der Waals surface area contributed by atoms with Gasteiger partial charge in [0.05, 0.1) is 25.3 Å². The summed E-state index contributed by atoms with van der Waals surface area (Å²) < 4.78 is 9.45. The highest BCUT2D eigenvalue weighted by Gasteiger charge is 2.34. The van der Waals surface area contributed by atoms with E-state index in [2.05, 4.69) is 16.1 Å². The molecule has 3 N–H and O–H groups in total. The maximum Gasteiger partial charge on any atom is 0.337 e. The molecule has 9 heteroatoms. The molecular weight excluding hydrogens is 450 g/mol. The summed E-state index contributed by atoms with van der Waals surface area (Å²) in [6.45, 7) is 2.53. The van der Waals surface area contributed by atoms with Crippen LogP contribution in [0, 0.1) is 11.8 Å². The number of aldehydes is 1. The maximum absolute atomic E-state index is 11.6. The third kappa shape index (κ3) is 7.69. The van der Waals surface area contributed by atoms with E-state index < -0.39 is 0 Å². The SMILES string of the molecule is COC(=O)c1ccc(CCNOC(NCCc2ccc(C(=O)OC)cc2)C2CNC[C@H]2C=O)cc1. The van der Waals surface area contributed by atoms with Crippen LogP contribution in [0.25, 0.3) is 0 Å². The zero-order chi connectivity index (χ0) is 25.0. The van der Waals surface area contributed by atoms with Crippen LogP contribution in [0.1, 0.15) is 31.8 Å². The van der Waals surface area contributed by atoms with Gasteiger partial charge < -0.3 is 19.6 Å². The second-order valence-electron chi connectivity index (χ2n) is 8.39. The lowest BCUT2D eigenvalue weighted by molar-refractivity contribution is -0.117. The van der Waals surface area contributed by atoms with Crippen molar-refractivity contribution in [3.63, 3.8) is 0 Å². The first kappa shape index (κ1) is 26.5. The smallest absolute Gasteiger partial charge is 0.337 e. The first-order valence-corrected chi connectivity index (χ1v) is 11.7. The number of carbonyl (C=O) groups excluding carboxylic acids is 3. The Balaban J connectivity index is 1.50. The number of methoxy groups -OCH3 is 2. The Morgan fingerprint density at radius 1 is 0.914 bits per heavy atom. The molecule has 1 fully saturated rings. The molecule has 0 radical (unpaired) electrons. The van der Waals surface area contributed by atoms with Gasteiger partial charge in [-0.1, -0.05) is 24.3 Å². The van der Waals surface area contributed by atoms with Crippen LogP contribution in [0.15, 0.2) is 48.5 Å². The molecular formula is C26H33N3O6. The first-order valence-electron chi connectivity index (χ1n) is 11.7. The van der Waals surface area contributed by atoms with Crippen molar-refractivity contribution >= 4 is 18.2 Å². The van der Waals surface area contributed by atoms with E-state index >= 15 is 0 Å². The molecule has 0 aliphatic carbocycles. The van der Waals surface area contributed by atoms with Gasteiger partial charge in [-0.25, -0.2) is 15.1 Å². The first-order chi connectivity index (χ1) is 17.0. The van der Waals surface area contributed by atoms with E-state index in [1.165, 1.54) is 14.2 Å². The van der Waals surface area contributed by atoms with Crippen LogP contribution < -0.4 is 16.1 Å². The molecule has 1 heterocycles. The third-order valence-corrected chi connectivity index (χ3v) is 6.11. The molecule has 0 aromatic heterocycles. The van der Waals surface area contributed by atoms with E-state index in [-0.39, 0.29) is 30.0 Å². The molecule has 1 saturated heterocycles. The number of benzene rings is 2. The summed E-state index contributed by atoms with van der Waals surface area (Å²) in [7, 11) is 2.72. The fourth-order valence-electron chi connectivity index (χ4n) is 4.03. The Labute approximate surface area is 205 Å². The lowest BCUT2D eigenvalue weighted by atomic mass is 9.95. The molecule has 2 unspecified atom stereocenters. The number of hydrogen-bond donors (Lipinski definition) is 3. The van der Waals surface area contributed by atoms with Gasteiger partial charge in [0.2, 0.25) is 0 Å². The molecule has 2 aromatic carbocycles. The molecule has 9 nitrogen and oxygen atoms in total. The molecule has 3 rings (SSSR count). The lowest BCUT2D eigenvalue weighted by Crippen LogP contribution is -2.46. The summed E-state index contributed by atoms with van der Waals surface area (Å²) >= 11 is 0. The third-order valence-electron chi connectivity index (χ3n) is 6.11. The van der Waals surface area contributed by atoms with Crippen LogP contribution in [0.3, 0.4) is 0 Å². The van der Waals surface area contributed by atoms with Crippen molar-refractivity contribution in [3.8, 4) is 0 Å². The summed E-state index contributed by atoms with van der Waals surface area (Å²) in [5.41, 5.74) is 6.19. The highest BCUT2D eigenvalue weighted by Crippen LogP contribution is 2.19. The van der Waals surface area contributed by atoms with Gasteiger partial charge in [0.25, 0.3) is 0 Å². The average molecular weight is 484 g/mol. The van der Waals surface area contributed by atoms with Crippen LogP contribution in [0.2, 0.25) is 0 Å². The normalized spacial score (nSPS) is 18.1. The minimum Gasteiger partial charge on any atom is -0.465 e. The van der Waals surface area contributed by atoms with Crippen LogP contribution >= 0.6 is 0 Å². The number of rotatable bonds is 13. The Morgan fingerprint density at radius 3 is 1.97 bits per heavy atom. The van der Waals surface area contributed by atoms with Gasteiger partial charge in [-0.3, -0.25) is 10.2 Å². The Kier molecular flexibility index (Phi) is 10.4. The van der Waals surface area contributed by atoms with Crippen LogP contribution in [-0.4, -0.2) is 64.9 Å². The zero-order valence-corrected chi connectivity index (χ0v) is 20.1. The Morgan fingerprint density at radius 2 is 1.46 bits per heavy atom. The van der Waals surface area contributed by atoms with E-state index in [1.54, 1.807) is 24.3 Å². The van der Waals surface area contributed by atoms with Crippen molar-refractivity contribution in [2.24, 2.45) is 11.8 Å². The van der Waals surface area contributed by atoms with Gasteiger partial charge >= 0.3 is 11.9 Å². The van der Waals surface area contributed by atoms with Crippen molar-refractivity contribution in [1.29, 1.82) is 0 Å². The molecule has 188 valence electrons. The predicted octanol–water partition coefficient (Wildman–Crippen LogP) is 1.52. The molecule has 0 spiro atoms. The fraction of sp³-hybridized carbons (Fsp3) is 0.423. The van der Waals surface area contributed by atoms with Gasteiger partial charge in [0, 0.05) is 38.0 Å². The Hall–Kier alpha value is -3.11. The largest absolute Gasteiger partial charge is 0.465 e. The van der Waals surface area contributed by atoms with Crippen molar-refractivity contribution in [2.75, 3.05) is 40.4 Å². The maximum atomic E-state index is 11.6. The monoisotopic (exact) mass is 483 g/mol. The van der Waals surface area contributed by atoms with Crippen molar-refractivity contribution in [2.45, 2.75) is 19.1 Å². The minimum absolute atomic E-state index is 0.000963. The molecule has 1 aliphatic rings. The average Bonchev–Trinajstić information content (AvgIpc) is 3.38. The molecule has 0 saturated carbocycles. The van der Waals surface area contributed by atoms with E-state index in [4.69, 9.17) is 14.3 Å². The summed E-state index contributed by atoms with van der Waals surface area (Å²) in [5.74, 6) is -0.843. The van der Waals surface area contributed by atoms with Gasteiger partial charge in [-0.2, -0.15) is 0 Å². The number of hydroxylamine groups is 1. The summed E-state index contributed by atoms with van der Waals surface area (Å²) in [4.78, 5) is 40.6. The number of esters is 2. The highest BCUT2D eigenvalue weighted by molar-refractivity contribution is 5.89. The van der Waals surface area contributed by atoms with Crippen molar-refractivity contribution in [1.82, 2.24) is 16.1 Å². The molecule has 3 atom stereocenters. The quantitative estimate of drug-likeness (QED) is 0.128. The topological polar surface area (TPSA) is 115 Å². The lowest BCUT2D eigenvalue weighted by Gasteiger charge is -2.27. The number of ether oxygens (including phenoxy) is 2. The predicted molar refractivity (Wildman–Crippen MR) is 130 cm³/mol. The van der Waals surface area contributed by atoms with Crippen LogP contribution in [0.5, 0.6) is 0 Å². The second kappa shape index (κ2) is 13.7. The fourth-order valence-corrected chi connectivity index (χ4v) is 4.03. The van der Waals surface area contributed by atoms with E-state index in [9.17, 15) is 14.4 Å². The van der Waals surface area contributed by atoms with Gasteiger partial charge in [0.1, 0.15) is 12.5 Å². The number of nitrogens with one attached hydrogen (secondary N) is 3. The second-order valence-corrected chi connectivity index (χ2v) is 8.39. The van der Waals surface area contributed by atoms with E-state index in [0.29, 0.717) is 43.7 Å². The molecule has 0 amide bonds.